The summed E-state index contributed by atoms with van der Waals surface area (Å²) in [6.45, 7) is 1.43. The van der Waals surface area contributed by atoms with Crippen LogP contribution in [0.5, 0.6) is 0 Å². The summed E-state index contributed by atoms with van der Waals surface area (Å²) in [5, 5.41) is 2.40. The molecule has 0 aliphatic carbocycles. The van der Waals surface area contributed by atoms with Gasteiger partial charge in [0.2, 0.25) is 0 Å². The van der Waals surface area contributed by atoms with Gasteiger partial charge in [-0.1, -0.05) is 46.3 Å². The van der Waals surface area contributed by atoms with Gasteiger partial charge >= 0.3 is 6.18 Å². The highest BCUT2D eigenvalue weighted by atomic mass is 79.9. The predicted octanol–water partition coefficient (Wildman–Crippen LogP) is 4.50. The molecule has 0 fully saturated rings. The Bertz CT molecular complexity index is 793. The van der Waals surface area contributed by atoms with Gasteiger partial charge in [0.05, 0.1) is 10.6 Å². The van der Waals surface area contributed by atoms with E-state index in [0.29, 0.717) is 0 Å². The summed E-state index contributed by atoms with van der Waals surface area (Å²) < 4.78 is 65.5. The third-order valence-corrected chi connectivity index (χ3v) is 6.01. The minimum Gasteiger partial charge on any atom is -0.299 e. The molecule has 3 nitrogen and oxygen atoms in total. The molecule has 0 heterocycles. The van der Waals surface area contributed by atoms with Crippen molar-refractivity contribution in [3.63, 3.8) is 0 Å². The highest BCUT2D eigenvalue weighted by molar-refractivity contribution is 9.10. The molecule has 25 heavy (non-hydrogen) atoms. The van der Waals surface area contributed by atoms with Crippen molar-refractivity contribution in [2.45, 2.75) is 30.1 Å². The molecule has 0 aliphatic rings. The van der Waals surface area contributed by atoms with E-state index in [1.165, 1.54) is 43.3 Å². The number of sulfone groups is 1. The van der Waals surface area contributed by atoms with E-state index in [1.54, 1.807) is 18.2 Å². The Hall–Kier alpha value is -1.38. The van der Waals surface area contributed by atoms with Gasteiger partial charge in [0.25, 0.3) is 0 Å². The number of hydrogen-bond acceptors (Lipinski definition) is 3. The Balaban J connectivity index is 2.16. The lowest BCUT2D eigenvalue weighted by atomic mass is 10.1. The Morgan fingerprint density at radius 3 is 2.12 bits per heavy atom. The molecule has 2 atom stereocenters. The number of nitrogens with one attached hydrogen (secondary N) is 1. The first-order chi connectivity index (χ1) is 11.6. The molecule has 8 heteroatoms. The molecule has 136 valence electrons. The van der Waals surface area contributed by atoms with E-state index in [0.717, 1.165) is 4.47 Å². The summed E-state index contributed by atoms with van der Waals surface area (Å²) in [6.07, 6.45) is -4.53. The minimum atomic E-state index is -4.53. The summed E-state index contributed by atoms with van der Waals surface area (Å²) in [6, 6.07) is 10.6. The monoisotopic (exact) mass is 435 g/mol. The van der Waals surface area contributed by atoms with Crippen molar-refractivity contribution >= 4 is 25.8 Å². The lowest BCUT2D eigenvalue weighted by Gasteiger charge is -2.26. The summed E-state index contributed by atoms with van der Waals surface area (Å²) in [7, 11) is -3.70. The van der Waals surface area contributed by atoms with Crippen LogP contribution in [0.15, 0.2) is 64.0 Å². The van der Waals surface area contributed by atoms with Gasteiger partial charge in [-0.2, -0.15) is 13.2 Å². The van der Waals surface area contributed by atoms with Crippen molar-refractivity contribution in [2.75, 3.05) is 5.75 Å². The maximum atomic E-state index is 13.3. The maximum absolute atomic E-state index is 13.3. The average molecular weight is 436 g/mol. The fourth-order valence-corrected chi connectivity index (χ4v) is 4.19. The van der Waals surface area contributed by atoms with Gasteiger partial charge in [-0.3, -0.25) is 5.32 Å². The lowest BCUT2D eigenvalue weighted by Crippen LogP contribution is -2.42. The summed E-state index contributed by atoms with van der Waals surface area (Å²) in [5.74, 6) is -0.436. The molecular formula is C17H17BrF3NO2S. The first-order valence-electron chi connectivity index (χ1n) is 7.45. The summed E-state index contributed by atoms with van der Waals surface area (Å²) >= 11 is 3.21. The normalized spacial score (nSPS) is 14.9. The van der Waals surface area contributed by atoms with E-state index < -0.39 is 33.9 Å². The number of halogens is 4. The first kappa shape index (κ1) is 19.9. The maximum Gasteiger partial charge on any atom is 0.407 e. The van der Waals surface area contributed by atoms with Gasteiger partial charge in [-0.25, -0.2) is 8.42 Å². The van der Waals surface area contributed by atoms with Crippen LogP contribution in [0.3, 0.4) is 0 Å². The van der Waals surface area contributed by atoms with E-state index in [-0.39, 0.29) is 10.5 Å². The number of rotatable bonds is 6. The number of benzene rings is 2. The summed E-state index contributed by atoms with van der Waals surface area (Å²) in [5.41, 5.74) is 0.0443. The van der Waals surface area contributed by atoms with Crippen molar-refractivity contribution < 1.29 is 21.6 Å². The molecular weight excluding hydrogens is 419 g/mol. The molecule has 2 unspecified atom stereocenters. The third-order valence-electron chi connectivity index (χ3n) is 3.55. The van der Waals surface area contributed by atoms with Crippen molar-refractivity contribution in [1.29, 1.82) is 0 Å². The van der Waals surface area contributed by atoms with Crippen molar-refractivity contribution in [1.82, 2.24) is 5.32 Å². The molecule has 0 radical (unpaired) electrons. The average Bonchev–Trinajstić information content (AvgIpc) is 2.52. The molecule has 2 aromatic rings. The van der Waals surface area contributed by atoms with Crippen LogP contribution in [0.1, 0.15) is 18.5 Å². The second-order valence-electron chi connectivity index (χ2n) is 5.69. The van der Waals surface area contributed by atoms with Gasteiger partial charge in [-0.05, 0) is 36.8 Å². The van der Waals surface area contributed by atoms with Crippen molar-refractivity contribution in [2.24, 2.45) is 0 Å². The van der Waals surface area contributed by atoms with Crippen LogP contribution in [0.4, 0.5) is 13.2 Å². The molecule has 0 spiro atoms. The Labute approximate surface area is 153 Å². The minimum absolute atomic E-state index is 0.0443. The molecule has 0 aliphatic heterocycles. The van der Waals surface area contributed by atoms with E-state index in [1.807, 2.05) is 0 Å². The topological polar surface area (TPSA) is 46.2 Å². The molecule has 0 saturated carbocycles. The molecule has 0 amide bonds. The van der Waals surface area contributed by atoms with Crippen molar-refractivity contribution in [3.8, 4) is 0 Å². The molecule has 1 N–H and O–H groups in total. The fourth-order valence-electron chi connectivity index (χ4n) is 2.43. The van der Waals surface area contributed by atoms with E-state index >= 15 is 0 Å². The number of alkyl halides is 3. The molecule has 0 saturated heterocycles. The van der Waals surface area contributed by atoms with Crippen LogP contribution in [-0.2, 0) is 9.84 Å². The first-order valence-corrected chi connectivity index (χ1v) is 9.90. The molecule has 0 bridgehead atoms. The molecule has 2 aromatic carbocycles. The lowest BCUT2D eigenvalue weighted by molar-refractivity contribution is -0.159. The fraction of sp³-hybridized carbons (Fsp3) is 0.294. The van der Waals surface area contributed by atoms with E-state index in [9.17, 15) is 21.6 Å². The Morgan fingerprint density at radius 2 is 1.60 bits per heavy atom. The zero-order chi connectivity index (χ0) is 18.7. The van der Waals surface area contributed by atoms with Gasteiger partial charge in [0.1, 0.15) is 6.04 Å². The Kier molecular flexibility index (Phi) is 6.29. The Morgan fingerprint density at radius 1 is 1.04 bits per heavy atom. The van der Waals surface area contributed by atoms with E-state index in [4.69, 9.17) is 0 Å². The van der Waals surface area contributed by atoms with Gasteiger partial charge in [0, 0.05) is 10.5 Å². The summed E-state index contributed by atoms with van der Waals surface area (Å²) in [4.78, 5) is 0.0765. The van der Waals surface area contributed by atoms with Crippen LogP contribution in [0, 0.1) is 0 Å². The van der Waals surface area contributed by atoms with Gasteiger partial charge < -0.3 is 0 Å². The van der Waals surface area contributed by atoms with Crippen molar-refractivity contribution in [3.05, 3.63) is 64.6 Å². The van der Waals surface area contributed by atoms with Crippen LogP contribution in [-0.4, -0.2) is 26.4 Å². The zero-order valence-electron chi connectivity index (χ0n) is 13.3. The van der Waals surface area contributed by atoms with Crippen LogP contribution >= 0.6 is 15.9 Å². The third kappa shape index (κ3) is 5.55. The van der Waals surface area contributed by atoms with Crippen LogP contribution in [0.25, 0.3) is 0 Å². The van der Waals surface area contributed by atoms with Gasteiger partial charge in [-0.15, -0.1) is 0 Å². The highest BCUT2D eigenvalue weighted by Crippen LogP contribution is 2.33. The quantitative estimate of drug-likeness (QED) is 0.725. The van der Waals surface area contributed by atoms with Crippen LogP contribution in [0.2, 0.25) is 0 Å². The molecule has 0 aromatic heterocycles. The molecule has 2 rings (SSSR count). The van der Waals surface area contributed by atoms with Gasteiger partial charge in [0.15, 0.2) is 9.84 Å². The smallest absolute Gasteiger partial charge is 0.299 e. The van der Waals surface area contributed by atoms with E-state index in [2.05, 4.69) is 21.2 Å². The second-order valence-corrected chi connectivity index (χ2v) is 8.64. The number of hydrogen-bond donors (Lipinski definition) is 1. The van der Waals surface area contributed by atoms with Crippen LogP contribution < -0.4 is 5.32 Å². The predicted molar refractivity (Wildman–Crippen MR) is 94.0 cm³/mol. The zero-order valence-corrected chi connectivity index (χ0v) is 15.7. The highest BCUT2D eigenvalue weighted by Gasteiger charge is 2.41. The standard InChI is InChI=1S/C17H17BrF3NO2S/c1-12(11-25(23,24)15-9-7-14(18)8-10-15)22-16(17(19,20)21)13-5-3-2-4-6-13/h2-10,12,16,22H,11H2,1H3. The largest absolute Gasteiger partial charge is 0.407 e. The SMILES string of the molecule is CC(CS(=O)(=O)c1ccc(Br)cc1)NC(c1ccccc1)C(F)(F)F. The second kappa shape index (κ2) is 7.88.